The molecule has 0 aromatic carbocycles. The number of nitrogens with zero attached hydrogens (tertiary/aromatic N) is 3. The fraction of sp³-hybridized carbons (Fsp3) is 0.500. The molecule has 0 radical (unpaired) electrons. The molecule has 20 heavy (non-hydrogen) atoms. The molecule has 0 aliphatic carbocycles. The second kappa shape index (κ2) is 5.62. The van der Waals surface area contributed by atoms with Gasteiger partial charge in [-0.2, -0.15) is 0 Å². The van der Waals surface area contributed by atoms with Crippen molar-refractivity contribution >= 4 is 11.3 Å². The lowest BCUT2D eigenvalue weighted by Crippen LogP contribution is -2.31. The van der Waals surface area contributed by atoms with Gasteiger partial charge in [-0.3, -0.25) is 4.90 Å². The second-order valence-electron chi connectivity index (χ2n) is 5.84. The Morgan fingerprint density at radius 3 is 2.95 bits per heavy atom. The molecule has 0 atom stereocenters. The van der Waals surface area contributed by atoms with Crippen molar-refractivity contribution in [3.05, 3.63) is 45.2 Å². The Morgan fingerprint density at radius 2 is 2.25 bits per heavy atom. The van der Waals surface area contributed by atoms with Gasteiger partial charge >= 0.3 is 0 Å². The van der Waals surface area contributed by atoms with Gasteiger partial charge < -0.3 is 0 Å². The number of hydrogen-bond donors (Lipinski definition) is 0. The van der Waals surface area contributed by atoms with E-state index in [1.165, 1.54) is 21.7 Å². The molecule has 3 nitrogen and oxygen atoms in total. The highest BCUT2D eigenvalue weighted by Gasteiger charge is 2.19. The van der Waals surface area contributed by atoms with Gasteiger partial charge in [-0.1, -0.05) is 13.8 Å². The Labute approximate surface area is 124 Å². The average Bonchev–Trinajstić information content (AvgIpc) is 2.83. The topological polar surface area (TPSA) is 29.0 Å². The van der Waals surface area contributed by atoms with E-state index in [9.17, 15) is 0 Å². The lowest BCUT2D eigenvalue weighted by atomic mass is 10.1. The number of aromatic nitrogens is 2. The zero-order valence-electron chi connectivity index (χ0n) is 12.4. The molecule has 0 saturated carbocycles. The molecule has 1 aliphatic rings. The van der Waals surface area contributed by atoms with E-state index in [1.807, 2.05) is 17.5 Å². The van der Waals surface area contributed by atoms with E-state index in [1.54, 1.807) is 0 Å². The third-order valence-corrected chi connectivity index (χ3v) is 4.89. The standard InChI is InChI=1S/C16H21N3S/c1-11(2)16-17-8-13-9-19(6-4-14(13)18-16)10-15-12(3)5-7-20-15/h5,7-8,11H,4,6,9-10H2,1-3H3. The van der Waals surface area contributed by atoms with Crippen molar-refractivity contribution in [1.29, 1.82) is 0 Å². The molecule has 106 valence electrons. The lowest BCUT2D eigenvalue weighted by molar-refractivity contribution is 0.244. The zero-order chi connectivity index (χ0) is 14.1. The van der Waals surface area contributed by atoms with Crippen LogP contribution < -0.4 is 0 Å². The number of fused-ring (bicyclic) bond motifs is 1. The van der Waals surface area contributed by atoms with Crippen LogP contribution in [0.2, 0.25) is 0 Å². The molecule has 4 heteroatoms. The molecule has 2 aromatic rings. The van der Waals surface area contributed by atoms with Crippen molar-refractivity contribution < 1.29 is 0 Å². The van der Waals surface area contributed by atoms with Gasteiger partial charge in [0, 0.05) is 54.3 Å². The third kappa shape index (κ3) is 2.76. The fourth-order valence-corrected chi connectivity index (χ4v) is 3.52. The Bertz CT molecular complexity index is 604. The minimum absolute atomic E-state index is 0.409. The Morgan fingerprint density at radius 1 is 1.40 bits per heavy atom. The van der Waals surface area contributed by atoms with E-state index in [4.69, 9.17) is 4.98 Å². The summed E-state index contributed by atoms with van der Waals surface area (Å²) in [6, 6.07) is 2.20. The summed E-state index contributed by atoms with van der Waals surface area (Å²) < 4.78 is 0. The van der Waals surface area contributed by atoms with Crippen molar-refractivity contribution in [3.63, 3.8) is 0 Å². The maximum Gasteiger partial charge on any atom is 0.131 e. The summed E-state index contributed by atoms with van der Waals surface area (Å²) in [4.78, 5) is 13.2. The number of aryl methyl sites for hydroxylation is 1. The van der Waals surface area contributed by atoms with E-state index in [2.05, 4.69) is 42.1 Å². The molecule has 0 bridgehead atoms. The third-order valence-electron chi connectivity index (χ3n) is 3.88. The average molecular weight is 287 g/mol. The maximum atomic E-state index is 4.73. The normalized spacial score (nSPS) is 15.6. The van der Waals surface area contributed by atoms with E-state index in [0.29, 0.717) is 5.92 Å². The Kier molecular flexibility index (Phi) is 3.85. The lowest BCUT2D eigenvalue weighted by Gasteiger charge is -2.28. The first-order chi connectivity index (χ1) is 9.63. The molecule has 0 fully saturated rings. The smallest absolute Gasteiger partial charge is 0.131 e. The van der Waals surface area contributed by atoms with Crippen LogP contribution in [0.5, 0.6) is 0 Å². The van der Waals surface area contributed by atoms with Crippen LogP contribution in [0, 0.1) is 6.92 Å². The van der Waals surface area contributed by atoms with Gasteiger partial charge in [-0.25, -0.2) is 9.97 Å². The minimum Gasteiger partial charge on any atom is -0.293 e. The minimum atomic E-state index is 0.409. The first-order valence-electron chi connectivity index (χ1n) is 7.23. The Hall–Kier alpha value is -1.26. The summed E-state index contributed by atoms with van der Waals surface area (Å²) in [5.74, 6) is 1.39. The van der Waals surface area contributed by atoms with E-state index >= 15 is 0 Å². The molecule has 3 rings (SSSR count). The fourth-order valence-electron chi connectivity index (χ4n) is 2.57. The molecule has 0 unspecified atom stereocenters. The second-order valence-corrected chi connectivity index (χ2v) is 6.84. The van der Waals surface area contributed by atoms with Crippen LogP contribution in [-0.4, -0.2) is 21.4 Å². The van der Waals surface area contributed by atoms with Crippen LogP contribution in [0.25, 0.3) is 0 Å². The van der Waals surface area contributed by atoms with Crippen LogP contribution in [0.15, 0.2) is 17.6 Å². The number of rotatable bonds is 3. The van der Waals surface area contributed by atoms with E-state index < -0.39 is 0 Å². The van der Waals surface area contributed by atoms with Gasteiger partial charge in [0.2, 0.25) is 0 Å². The predicted octanol–water partition coefficient (Wildman–Crippen LogP) is 3.53. The molecule has 2 aromatic heterocycles. The summed E-state index contributed by atoms with van der Waals surface area (Å²) in [7, 11) is 0. The molecule has 0 saturated heterocycles. The SMILES string of the molecule is Cc1ccsc1CN1CCc2nc(C(C)C)ncc2C1. The highest BCUT2D eigenvalue weighted by molar-refractivity contribution is 7.10. The quantitative estimate of drug-likeness (QED) is 0.865. The molecular formula is C16H21N3S. The maximum absolute atomic E-state index is 4.73. The highest BCUT2D eigenvalue weighted by Crippen LogP contribution is 2.23. The van der Waals surface area contributed by atoms with Gasteiger partial charge in [0.1, 0.15) is 5.82 Å². The largest absolute Gasteiger partial charge is 0.293 e. The summed E-state index contributed by atoms with van der Waals surface area (Å²) in [6.45, 7) is 9.62. The van der Waals surface area contributed by atoms with Crippen molar-refractivity contribution in [2.75, 3.05) is 6.54 Å². The molecule has 1 aliphatic heterocycles. The zero-order valence-corrected chi connectivity index (χ0v) is 13.2. The summed E-state index contributed by atoms with van der Waals surface area (Å²) >= 11 is 1.86. The molecular weight excluding hydrogens is 266 g/mol. The van der Waals surface area contributed by atoms with Gasteiger partial charge in [0.15, 0.2) is 0 Å². The van der Waals surface area contributed by atoms with Gasteiger partial charge in [-0.15, -0.1) is 11.3 Å². The van der Waals surface area contributed by atoms with Crippen LogP contribution >= 0.6 is 11.3 Å². The van der Waals surface area contributed by atoms with E-state index in [0.717, 1.165) is 31.9 Å². The Balaban J connectivity index is 1.74. The van der Waals surface area contributed by atoms with Gasteiger partial charge in [-0.05, 0) is 23.9 Å². The highest BCUT2D eigenvalue weighted by atomic mass is 32.1. The van der Waals surface area contributed by atoms with Crippen LogP contribution in [0.1, 0.15) is 47.3 Å². The van der Waals surface area contributed by atoms with Crippen LogP contribution in [-0.2, 0) is 19.5 Å². The monoisotopic (exact) mass is 287 g/mol. The summed E-state index contributed by atoms with van der Waals surface area (Å²) in [5.41, 5.74) is 3.96. The first kappa shape index (κ1) is 13.7. The van der Waals surface area contributed by atoms with Crippen molar-refractivity contribution in [2.45, 2.75) is 46.2 Å². The number of hydrogen-bond acceptors (Lipinski definition) is 4. The predicted molar refractivity (Wildman–Crippen MR) is 83.0 cm³/mol. The number of thiophene rings is 1. The molecule has 0 N–H and O–H groups in total. The van der Waals surface area contributed by atoms with E-state index in [-0.39, 0.29) is 0 Å². The molecule has 0 spiro atoms. The van der Waals surface area contributed by atoms with Crippen molar-refractivity contribution in [3.8, 4) is 0 Å². The first-order valence-corrected chi connectivity index (χ1v) is 8.11. The molecule has 0 amide bonds. The van der Waals surface area contributed by atoms with Crippen LogP contribution in [0.4, 0.5) is 0 Å². The van der Waals surface area contributed by atoms with Crippen molar-refractivity contribution in [2.24, 2.45) is 0 Å². The summed E-state index contributed by atoms with van der Waals surface area (Å²) in [5, 5.41) is 2.18. The molecule has 3 heterocycles. The van der Waals surface area contributed by atoms with Crippen LogP contribution in [0.3, 0.4) is 0 Å². The summed E-state index contributed by atoms with van der Waals surface area (Å²) in [6.07, 6.45) is 3.08. The van der Waals surface area contributed by atoms with Gasteiger partial charge in [0.25, 0.3) is 0 Å². The van der Waals surface area contributed by atoms with Crippen molar-refractivity contribution in [1.82, 2.24) is 14.9 Å². The van der Waals surface area contributed by atoms with Gasteiger partial charge in [0.05, 0.1) is 0 Å².